The maximum Gasteiger partial charge on any atom is 0.134 e. The molecule has 8 aromatic carbocycles. The van der Waals surface area contributed by atoms with Crippen molar-refractivity contribution in [2.24, 2.45) is 4.99 Å². The number of allylic oxidation sites excluding steroid dienone is 1. The molecule has 6 heteroatoms. The molecular weight excluding hydrogens is 803 g/mol. The van der Waals surface area contributed by atoms with Gasteiger partial charge in [0.1, 0.15) is 41.0 Å². The van der Waals surface area contributed by atoms with Crippen molar-refractivity contribution >= 4 is 53.9 Å². The highest BCUT2D eigenvalue weighted by molar-refractivity contribution is 7.26. The molecule has 2 atom stereocenters. The summed E-state index contributed by atoms with van der Waals surface area (Å²) < 4.78 is 15.9. The molecule has 0 saturated heterocycles. The van der Waals surface area contributed by atoms with Crippen LogP contribution in [0.2, 0.25) is 0 Å². The van der Waals surface area contributed by atoms with Crippen LogP contribution >= 0.6 is 11.3 Å². The molecule has 304 valence electrons. The van der Waals surface area contributed by atoms with Gasteiger partial charge < -0.3 is 14.5 Å². The molecule has 2 aliphatic heterocycles. The largest absolute Gasteiger partial charge is 0.460 e. The van der Waals surface area contributed by atoms with Crippen molar-refractivity contribution < 1.29 is 9.15 Å². The Morgan fingerprint density at radius 1 is 0.578 bits per heavy atom. The number of hydrogen-bond acceptors (Lipinski definition) is 6. The highest BCUT2D eigenvalue weighted by atomic mass is 32.1. The molecule has 14 rings (SSSR count). The summed E-state index contributed by atoms with van der Waals surface area (Å²) in [5.74, 6) is 3.70. The summed E-state index contributed by atoms with van der Waals surface area (Å²) >= 11 is 1.83. The number of aryl methyl sites for hydroxylation is 1. The Morgan fingerprint density at radius 3 is 2.12 bits per heavy atom. The van der Waals surface area contributed by atoms with E-state index in [0.29, 0.717) is 0 Å². The first kappa shape index (κ1) is 36.0. The number of nitrogens with zero attached hydrogens (tertiary/aromatic N) is 1. The van der Waals surface area contributed by atoms with Crippen LogP contribution < -0.4 is 15.4 Å². The van der Waals surface area contributed by atoms with Gasteiger partial charge in [0.2, 0.25) is 0 Å². The highest BCUT2D eigenvalue weighted by Gasteiger charge is 2.51. The molecule has 2 unspecified atom stereocenters. The first-order chi connectivity index (χ1) is 31.7. The number of para-hydroxylation sites is 2. The first-order valence-electron chi connectivity index (χ1n) is 22.1. The van der Waals surface area contributed by atoms with Crippen LogP contribution in [0.3, 0.4) is 0 Å². The van der Waals surface area contributed by atoms with E-state index >= 15 is 0 Å². The van der Waals surface area contributed by atoms with Crippen molar-refractivity contribution in [2.45, 2.75) is 30.6 Å². The predicted octanol–water partition coefficient (Wildman–Crippen LogP) is 13.9. The van der Waals surface area contributed by atoms with E-state index in [0.717, 1.165) is 91.4 Å². The molecule has 0 amide bonds. The van der Waals surface area contributed by atoms with E-state index in [-0.39, 0.29) is 12.3 Å². The van der Waals surface area contributed by atoms with E-state index in [2.05, 4.69) is 199 Å². The summed E-state index contributed by atoms with van der Waals surface area (Å²) in [5, 5.41) is 11.4. The van der Waals surface area contributed by atoms with Gasteiger partial charge in [-0.05, 0) is 93.4 Å². The number of nitrogens with one attached hydrogen (secondary N) is 2. The van der Waals surface area contributed by atoms with E-state index in [1.807, 2.05) is 11.3 Å². The molecule has 1 spiro atoms. The van der Waals surface area contributed by atoms with Gasteiger partial charge in [-0.1, -0.05) is 146 Å². The Balaban J connectivity index is 0.919. The molecule has 10 aromatic rings. The molecule has 2 aromatic heterocycles. The average molecular weight is 842 g/mol. The maximum absolute atomic E-state index is 6.76. The smallest absolute Gasteiger partial charge is 0.134 e. The van der Waals surface area contributed by atoms with Crippen LogP contribution in [0.5, 0.6) is 11.5 Å². The number of ether oxygens (including phenoxy) is 1. The minimum absolute atomic E-state index is 0.161. The number of hydrogen-bond donors (Lipinski definition) is 2. The summed E-state index contributed by atoms with van der Waals surface area (Å²) in [4.78, 5) is 5.56. The van der Waals surface area contributed by atoms with E-state index < -0.39 is 5.41 Å². The summed E-state index contributed by atoms with van der Waals surface area (Å²) in [7, 11) is 0. The van der Waals surface area contributed by atoms with Crippen LogP contribution in [0.4, 0.5) is 0 Å². The van der Waals surface area contributed by atoms with E-state index in [1.54, 1.807) is 0 Å². The normalized spacial score (nSPS) is 17.8. The van der Waals surface area contributed by atoms with Gasteiger partial charge in [0, 0.05) is 54.2 Å². The lowest BCUT2D eigenvalue weighted by atomic mass is 9.66. The van der Waals surface area contributed by atoms with Crippen LogP contribution in [-0.4, -0.2) is 12.0 Å². The summed E-state index contributed by atoms with van der Waals surface area (Å²) in [5.41, 5.74) is 14.6. The molecular formula is C58H39N3O2S. The zero-order chi connectivity index (χ0) is 41.9. The van der Waals surface area contributed by atoms with Crippen LogP contribution in [0.1, 0.15) is 57.3 Å². The number of benzene rings is 8. The lowest BCUT2D eigenvalue weighted by Gasteiger charge is -2.39. The van der Waals surface area contributed by atoms with Crippen molar-refractivity contribution in [1.82, 2.24) is 10.6 Å². The number of amidine groups is 1. The second kappa shape index (κ2) is 13.7. The molecule has 2 aliphatic carbocycles. The Kier molecular flexibility index (Phi) is 7.74. The van der Waals surface area contributed by atoms with Gasteiger partial charge in [-0.2, -0.15) is 0 Å². The molecule has 0 radical (unpaired) electrons. The van der Waals surface area contributed by atoms with Gasteiger partial charge in [0.05, 0.1) is 5.41 Å². The standard InChI is InChI=1S/C58H39N3O2S/c1-2-14-34(15-3-1)55-59-56(61-57(60-55)42-20-12-18-40-39-17-5-11-27-52(39)64-54(40)42)41-19-13-26-51-53(41)43-32-35(29-31-48(43)62-51)36-28-30-38-37-16-4-6-21-44(37)58(47(38)33-36)45-22-7-9-24-49(45)63-50-25-10-8-23-46(50)58/h1-12,14-25,27-33,55-56,59H,13,26H2,(H,60,61). The van der Waals surface area contributed by atoms with Crippen molar-refractivity contribution in [3.8, 4) is 33.8 Å². The fraction of sp³-hybridized carbons (Fsp3) is 0.0862. The summed E-state index contributed by atoms with van der Waals surface area (Å²) in [6, 6.07) is 65.8. The lowest BCUT2D eigenvalue weighted by molar-refractivity contribution is 0.436. The van der Waals surface area contributed by atoms with Gasteiger partial charge in [-0.25, -0.2) is 4.99 Å². The van der Waals surface area contributed by atoms with Crippen molar-refractivity contribution in [1.29, 1.82) is 0 Å². The van der Waals surface area contributed by atoms with Crippen molar-refractivity contribution in [2.75, 3.05) is 0 Å². The Labute approximate surface area is 374 Å². The Morgan fingerprint density at radius 2 is 1.27 bits per heavy atom. The molecule has 0 bridgehead atoms. The molecule has 5 nitrogen and oxygen atoms in total. The molecule has 0 saturated carbocycles. The number of fused-ring (bicyclic) bond motifs is 15. The predicted molar refractivity (Wildman–Crippen MR) is 260 cm³/mol. The first-order valence-corrected chi connectivity index (χ1v) is 23.0. The Hall–Kier alpha value is -7.51. The fourth-order valence-corrected chi connectivity index (χ4v) is 12.4. The monoisotopic (exact) mass is 841 g/mol. The van der Waals surface area contributed by atoms with E-state index in [4.69, 9.17) is 14.1 Å². The van der Waals surface area contributed by atoms with Gasteiger partial charge >= 0.3 is 0 Å². The number of aliphatic imine (C=N–C) groups is 1. The molecule has 0 fully saturated rings. The average Bonchev–Trinajstić information content (AvgIpc) is 4.02. The lowest BCUT2D eigenvalue weighted by Crippen LogP contribution is -2.49. The molecule has 4 aliphatic rings. The second-order valence-corrected chi connectivity index (χ2v) is 18.3. The quantitative estimate of drug-likeness (QED) is 0.185. The Bertz CT molecular complexity index is 3590. The second-order valence-electron chi connectivity index (χ2n) is 17.3. The summed E-state index contributed by atoms with van der Waals surface area (Å²) in [6.07, 6.45) is 3.63. The van der Waals surface area contributed by atoms with Gasteiger partial charge in [-0.3, -0.25) is 5.32 Å². The molecule has 64 heavy (non-hydrogen) atoms. The SMILES string of the molecule is C1=C(C2N=C(c3cccc4c3sc3ccccc34)NC(c3ccccc3)N2)c2c(oc3ccc(-c4ccc5c(c4)C4(c6ccccc6Oc6ccccc64)c4ccccc4-5)cc23)CC1. The van der Waals surface area contributed by atoms with Crippen molar-refractivity contribution in [3.63, 3.8) is 0 Å². The topological polar surface area (TPSA) is 58.8 Å². The third-order valence-electron chi connectivity index (χ3n) is 13.9. The molecule has 2 N–H and O–H groups in total. The number of rotatable bonds is 4. The summed E-state index contributed by atoms with van der Waals surface area (Å²) in [6.45, 7) is 0. The van der Waals surface area contributed by atoms with Crippen LogP contribution in [0.25, 0.3) is 59.0 Å². The highest BCUT2D eigenvalue weighted by Crippen LogP contribution is 2.62. The van der Waals surface area contributed by atoms with Crippen LogP contribution in [0.15, 0.2) is 197 Å². The van der Waals surface area contributed by atoms with Gasteiger partial charge in [0.25, 0.3) is 0 Å². The van der Waals surface area contributed by atoms with Crippen LogP contribution in [-0.2, 0) is 11.8 Å². The zero-order valence-corrected chi connectivity index (χ0v) is 35.5. The van der Waals surface area contributed by atoms with Gasteiger partial charge in [0.15, 0.2) is 0 Å². The molecule has 4 heterocycles. The third kappa shape index (κ3) is 5.12. The third-order valence-corrected chi connectivity index (χ3v) is 15.1. The zero-order valence-electron chi connectivity index (χ0n) is 34.6. The van der Waals surface area contributed by atoms with E-state index in [9.17, 15) is 0 Å². The maximum atomic E-state index is 6.76. The number of furan rings is 1. The van der Waals surface area contributed by atoms with E-state index in [1.165, 1.54) is 42.4 Å². The van der Waals surface area contributed by atoms with Gasteiger partial charge in [-0.15, -0.1) is 11.3 Å². The fourth-order valence-electron chi connectivity index (χ4n) is 11.2. The minimum atomic E-state index is -0.534. The van der Waals surface area contributed by atoms with Crippen LogP contribution in [0, 0.1) is 0 Å². The van der Waals surface area contributed by atoms with Crippen molar-refractivity contribution in [3.05, 3.63) is 233 Å². The number of thiophene rings is 1. The minimum Gasteiger partial charge on any atom is -0.460 e.